The van der Waals surface area contributed by atoms with Crippen LogP contribution in [0.2, 0.25) is 10.0 Å². The molecule has 0 unspecified atom stereocenters. The number of benzene rings is 3. The molecular weight excluding hydrogens is 429 g/mol. The van der Waals surface area contributed by atoms with Crippen molar-refractivity contribution >= 4 is 28.9 Å². The van der Waals surface area contributed by atoms with Crippen molar-refractivity contribution in [3.63, 3.8) is 0 Å². The van der Waals surface area contributed by atoms with Gasteiger partial charge in [-0.1, -0.05) is 77.8 Å². The summed E-state index contributed by atoms with van der Waals surface area (Å²) in [4.78, 5) is 15.7. The number of para-hydroxylation sites is 1. The Kier molecular flexibility index (Phi) is 6.21. The lowest BCUT2D eigenvalue weighted by atomic mass is 10.1. The van der Waals surface area contributed by atoms with E-state index in [1.807, 2.05) is 97.5 Å². The fourth-order valence-electron chi connectivity index (χ4n) is 3.80. The summed E-state index contributed by atoms with van der Waals surface area (Å²) < 4.78 is 3.58. The summed E-state index contributed by atoms with van der Waals surface area (Å²) >= 11 is 12.9. The lowest BCUT2D eigenvalue weighted by molar-refractivity contribution is 0.630. The van der Waals surface area contributed by atoms with Crippen LogP contribution in [0.3, 0.4) is 0 Å². The van der Waals surface area contributed by atoms with Gasteiger partial charge in [0.15, 0.2) is 0 Å². The lowest BCUT2D eigenvalue weighted by Gasteiger charge is -2.25. The van der Waals surface area contributed by atoms with Gasteiger partial charge >= 0.3 is 0 Å². The third-order valence-electron chi connectivity index (χ3n) is 5.48. The van der Waals surface area contributed by atoms with Gasteiger partial charge in [-0.15, -0.1) is 0 Å². The van der Waals surface area contributed by atoms with E-state index in [9.17, 15) is 4.79 Å². The minimum Gasteiger partial charge on any atom is -0.357 e. The van der Waals surface area contributed by atoms with Crippen LogP contribution in [-0.2, 0) is 20.1 Å². The zero-order chi connectivity index (χ0) is 22.0. The minimum atomic E-state index is -0.0784. The van der Waals surface area contributed by atoms with E-state index in [4.69, 9.17) is 23.2 Å². The average molecular weight is 452 g/mol. The Hall–Kier alpha value is -2.95. The van der Waals surface area contributed by atoms with E-state index in [2.05, 4.69) is 4.90 Å². The van der Waals surface area contributed by atoms with Crippen LogP contribution in [0.25, 0.3) is 5.69 Å². The predicted molar refractivity (Wildman–Crippen MR) is 129 cm³/mol. The van der Waals surface area contributed by atoms with Crippen molar-refractivity contribution in [1.82, 2.24) is 9.36 Å². The zero-order valence-corrected chi connectivity index (χ0v) is 18.9. The van der Waals surface area contributed by atoms with E-state index in [0.29, 0.717) is 28.8 Å². The van der Waals surface area contributed by atoms with Gasteiger partial charge in [-0.25, -0.2) is 4.68 Å². The summed E-state index contributed by atoms with van der Waals surface area (Å²) in [5, 5.41) is 1.34. The first-order chi connectivity index (χ1) is 15.0. The molecule has 1 aromatic heterocycles. The van der Waals surface area contributed by atoms with Crippen LogP contribution in [-0.4, -0.2) is 9.36 Å². The van der Waals surface area contributed by atoms with Crippen LogP contribution in [0.4, 0.5) is 5.69 Å². The topological polar surface area (TPSA) is 30.2 Å². The van der Waals surface area contributed by atoms with Crippen molar-refractivity contribution in [3.8, 4) is 5.69 Å². The molecule has 0 radical (unpaired) electrons. The third-order valence-corrected chi connectivity index (χ3v) is 6.22. The Labute approximate surface area is 191 Å². The van der Waals surface area contributed by atoms with Crippen molar-refractivity contribution in [3.05, 3.63) is 116 Å². The van der Waals surface area contributed by atoms with Crippen LogP contribution < -0.4 is 10.5 Å². The van der Waals surface area contributed by atoms with E-state index >= 15 is 0 Å². The normalized spacial score (nSPS) is 11.0. The van der Waals surface area contributed by atoms with Gasteiger partial charge in [0.25, 0.3) is 5.56 Å². The maximum absolute atomic E-state index is 13.6. The van der Waals surface area contributed by atoms with Crippen LogP contribution in [0.1, 0.15) is 16.8 Å². The first-order valence-corrected chi connectivity index (χ1v) is 10.8. The molecule has 0 saturated carbocycles. The number of anilines is 1. The molecule has 0 N–H and O–H groups in total. The summed E-state index contributed by atoms with van der Waals surface area (Å²) in [5.41, 5.74) is 4.14. The number of hydrogen-bond donors (Lipinski definition) is 0. The smallest absolute Gasteiger partial charge is 0.295 e. The standard InChI is InChI=1S/C25H23Cl2N3O/c1-18-24(25(31)30(28(18)2)21-12-4-3-5-13-21)29(16-19-10-6-8-14-22(19)26)17-20-11-7-9-15-23(20)27/h3-15H,16-17H2,1-2H3. The summed E-state index contributed by atoms with van der Waals surface area (Å²) in [6.07, 6.45) is 0. The minimum absolute atomic E-state index is 0.0784. The van der Waals surface area contributed by atoms with Crippen LogP contribution in [0, 0.1) is 6.92 Å². The Balaban J connectivity index is 1.85. The highest BCUT2D eigenvalue weighted by Crippen LogP contribution is 2.27. The molecule has 3 aromatic carbocycles. The lowest BCUT2D eigenvalue weighted by Crippen LogP contribution is -2.29. The molecule has 4 nitrogen and oxygen atoms in total. The highest BCUT2D eigenvalue weighted by atomic mass is 35.5. The molecule has 0 aliphatic rings. The van der Waals surface area contributed by atoms with E-state index in [1.54, 1.807) is 4.68 Å². The highest BCUT2D eigenvalue weighted by molar-refractivity contribution is 6.31. The number of rotatable bonds is 6. The van der Waals surface area contributed by atoms with Crippen molar-refractivity contribution in [2.75, 3.05) is 4.90 Å². The van der Waals surface area contributed by atoms with Gasteiger partial charge in [0, 0.05) is 30.2 Å². The van der Waals surface area contributed by atoms with Gasteiger partial charge in [-0.2, -0.15) is 0 Å². The number of nitrogens with zero attached hydrogens (tertiary/aromatic N) is 3. The van der Waals surface area contributed by atoms with Crippen molar-refractivity contribution in [2.24, 2.45) is 7.05 Å². The molecule has 4 aromatic rings. The maximum atomic E-state index is 13.6. The molecule has 0 fully saturated rings. The quantitative estimate of drug-likeness (QED) is 0.359. The number of halogens is 2. The van der Waals surface area contributed by atoms with Crippen LogP contribution in [0.15, 0.2) is 83.7 Å². The fraction of sp³-hybridized carbons (Fsp3) is 0.160. The summed E-state index contributed by atoms with van der Waals surface area (Å²) in [6.45, 7) is 2.93. The molecule has 0 saturated heterocycles. The second kappa shape index (κ2) is 9.04. The molecule has 0 amide bonds. The molecular formula is C25H23Cl2N3O. The first kappa shape index (κ1) is 21.3. The average Bonchev–Trinajstić information content (AvgIpc) is 2.99. The molecule has 0 atom stereocenters. The van der Waals surface area contributed by atoms with Gasteiger partial charge in [0.2, 0.25) is 0 Å². The van der Waals surface area contributed by atoms with Crippen LogP contribution >= 0.6 is 23.2 Å². The summed E-state index contributed by atoms with van der Waals surface area (Å²) in [7, 11) is 1.90. The Morgan fingerprint density at radius 3 is 1.77 bits per heavy atom. The molecule has 0 spiro atoms. The highest BCUT2D eigenvalue weighted by Gasteiger charge is 2.23. The SMILES string of the molecule is Cc1c(N(Cc2ccccc2Cl)Cc2ccccc2Cl)c(=O)n(-c2ccccc2)n1C. The molecule has 6 heteroatoms. The maximum Gasteiger partial charge on any atom is 0.295 e. The molecule has 0 bridgehead atoms. The van der Waals surface area contributed by atoms with Crippen molar-refractivity contribution < 1.29 is 0 Å². The zero-order valence-electron chi connectivity index (χ0n) is 17.4. The van der Waals surface area contributed by atoms with Gasteiger partial charge in [-0.05, 0) is 42.3 Å². The van der Waals surface area contributed by atoms with E-state index in [0.717, 1.165) is 22.5 Å². The largest absolute Gasteiger partial charge is 0.357 e. The predicted octanol–water partition coefficient (Wildman–Crippen LogP) is 6.00. The molecule has 158 valence electrons. The number of hydrogen-bond acceptors (Lipinski definition) is 2. The second-order valence-corrected chi connectivity index (χ2v) is 8.26. The third kappa shape index (κ3) is 4.27. The summed E-state index contributed by atoms with van der Waals surface area (Å²) in [6, 6.07) is 25.1. The van der Waals surface area contributed by atoms with E-state index in [1.165, 1.54) is 0 Å². The van der Waals surface area contributed by atoms with Gasteiger partial charge in [0.1, 0.15) is 5.69 Å². The van der Waals surface area contributed by atoms with Crippen LogP contribution in [0.5, 0.6) is 0 Å². The van der Waals surface area contributed by atoms with Gasteiger partial charge in [-0.3, -0.25) is 9.48 Å². The summed E-state index contributed by atoms with van der Waals surface area (Å²) in [5.74, 6) is 0. The van der Waals surface area contributed by atoms with Crippen molar-refractivity contribution in [2.45, 2.75) is 20.0 Å². The molecule has 0 aliphatic carbocycles. The Bertz CT molecular complexity index is 1210. The van der Waals surface area contributed by atoms with Crippen molar-refractivity contribution in [1.29, 1.82) is 0 Å². The first-order valence-electron chi connectivity index (χ1n) is 10.0. The molecule has 1 heterocycles. The van der Waals surface area contributed by atoms with E-state index in [-0.39, 0.29) is 5.56 Å². The van der Waals surface area contributed by atoms with E-state index < -0.39 is 0 Å². The molecule has 31 heavy (non-hydrogen) atoms. The Morgan fingerprint density at radius 2 is 1.26 bits per heavy atom. The second-order valence-electron chi connectivity index (χ2n) is 7.45. The number of aromatic nitrogens is 2. The van der Waals surface area contributed by atoms with Gasteiger partial charge < -0.3 is 4.90 Å². The monoisotopic (exact) mass is 451 g/mol. The fourth-order valence-corrected chi connectivity index (χ4v) is 4.19. The molecule has 4 rings (SSSR count). The Morgan fingerprint density at radius 1 is 0.774 bits per heavy atom. The van der Waals surface area contributed by atoms with Gasteiger partial charge in [0.05, 0.1) is 11.4 Å². The molecule has 0 aliphatic heterocycles.